The van der Waals surface area contributed by atoms with E-state index in [0.717, 1.165) is 12.8 Å². The molecule has 15 heavy (non-hydrogen) atoms. The smallest absolute Gasteiger partial charge is 0.165 e. The minimum Gasteiger partial charge on any atom is -0.398 e. The fourth-order valence-electron chi connectivity index (χ4n) is 1.58. The van der Waals surface area contributed by atoms with Crippen molar-refractivity contribution in [3.05, 3.63) is 28.8 Å². The number of benzene rings is 1. The molecule has 0 aliphatic heterocycles. The molecule has 0 aliphatic rings. The zero-order chi connectivity index (χ0) is 11.4. The Morgan fingerprint density at radius 3 is 2.47 bits per heavy atom. The molecule has 0 heterocycles. The van der Waals surface area contributed by atoms with Gasteiger partial charge >= 0.3 is 0 Å². The van der Waals surface area contributed by atoms with Crippen LogP contribution in [-0.4, -0.2) is 5.78 Å². The summed E-state index contributed by atoms with van der Waals surface area (Å²) in [6.07, 6.45) is 1.72. The second-order valence-electron chi connectivity index (χ2n) is 3.61. The van der Waals surface area contributed by atoms with Gasteiger partial charge in [0, 0.05) is 11.5 Å². The third-order valence-electron chi connectivity index (χ3n) is 2.64. The Kier molecular flexibility index (Phi) is 4.15. The summed E-state index contributed by atoms with van der Waals surface area (Å²) in [5, 5.41) is 0.451. The van der Waals surface area contributed by atoms with Crippen LogP contribution in [0.2, 0.25) is 5.02 Å². The Balaban J connectivity index is 2.96. The molecule has 0 unspecified atom stereocenters. The van der Waals surface area contributed by atoms with Crippen molar-refractivity contribution in [3.63, 3.8) is 0 Å². The van der Waals surface area contributed by atoms with Gasteiger partial charge in [0.2, 0.25) is 0 Å². The number of nitrogens with two attached hydrogens (primary N) is 1. The first-order chi connectivity index (χ1) is 7.10. The molecule has 1 aromatic carbocycles. The van der Waals surface area contributed by atoms with Crippen LogP contribution in [0.5, 0.6) is 0 Å². The van der Waals surface area contributed by atoms with E-state index in [1.165, 1.54) is 0 Å². The van der Waals surface area contributed by atoms with Crippen LogP contribution < -0.4 is 5.73 Å². The van der Waals surface area contributed by atoms with E-state index in [1.54, 1.807) is 18.2 Å². The molecule has 0 spiro atoms. The Labute approximate surface area is 95.4 Å². The van der Waals surface area contributed by atoms with Crippen molar-refractivity contribution < 1.29 is 4.79 Å². The molecule has 0 radical (unpaired) electrons. The normalized spacial score (nSPS) is 10.7. The standard InChI is InChI=1S/C12H16ClNO/c1-3-8(4-2)12(15)9-5-6-11(14)10(13)7-9/h5-8H,3-4,14H2,1-2H3. The fourth-order valence-corrected chi connectivity index (χ4v) is 1.76. The minimum atomic E-state index is 0.0877. The highest BCUT2D eigenvalue weighted by atomic mass is 35.5. The zero-order valence-corrected chi connectivity index (χ0v) is 9.84. The predicted molar refractivity (Wildman–Crippen MR) is 64.3 cm³/mol. The number of hydrogen-bond donors (Lipinski definition) is 1. The SMILES string of the molecule is CCC(CC)C(=O)c1ccc(N)c(Cl)c1. The minimum absolute atomic E-state index is 0.0877. The van der Waals surface area contributed by atoms with Crippen LogP contribution in [0.25, 0.3) is 0 Å². The lowest BCUT2D eigenvalue weighted by atomic mass is 9.93. The first-order valence-corrected chi connectivity index (χ1v) is 5.57. The molecule has 0 saturated heterocycles. The Morgan fingerprint density at radius 1 is 1.40 bits per heavy atom. The van der Waals surface area contributed by atoms with Gasteiger partial charge in [-0.1, -0.05) is 25.4 Å². The lowest BCUT2D eigenvalue weighted by molar-refractivity contribution is 0.0913. The lowest BCUT2D eigenvalue weighted by Crippen LogP contribution is -2.13. The third kappa shape index (κ3) is 2.72. The first kappa shape index (κ1) is 12.1. The van der Waals surface area contributed by atoms with E-state index in [0.29, 0.717) is 16.3 Å². The molecule has 1 rings (SSSR count). The van der Waals surface area contributed by atoms with E-state index < -0.39 is 0 Å². The molecule has 0 atom stereocenters. The van der Waals surface area contributed by atoms with E-state index in [4.69, 9.17) is 17.3 Å². The number of hydrogen-bond acceptors (Lipinski definition) is 2. The van der Waals surface area contributed by atoms with Gasteiger partial charge in [0.15, 0.2) is 5.78 Å². The number of nitrogen functional groups attached to an aromatic ring is 1. The van der Waals surface area contributed by atoms with Gasteiger partial charge in [-0.2, -0.15) is 0 Å². The lowest BCUT2D eigenvalue weighted by Gasteiger charge is -2.11. The number of carbonyl (C=O) groups excluding carboxylic acids is 1. The number of carbonyl (C=O) groups is 1. The average Bonchev–Trinajstić information content (AvgIpc) is 2.23. The second-order valence-corrected chi connectivity index (χ2v) is 4.02. The van der Waals surface area contributed by atoms with Gasteiger partial charge in [-0.3, -0.25) is 4.79 Å². The van der Waals surface area contributed by atoms with Crippen molar-refractivity contribution in [3.8, 4) is 0 Å². The molecule has 0 fully saturated rings. The molecule has 0 aliphatic carbocycles. The molecule has 0 bridgehead atoms. The van der Waals surface area contributed by atoms with Crippen molar-refractivity contribution in [2.75, 3.05) is 5.73 Å². The van der Waals surface area contributed by atoms with Crippen LogP contribution in [0.4, 0.5) is 5.69 Å². The maximum absolute atomic E-state index is 12.0. The Hall–Kier alpha value is -1.02. The summed E-state index contributed by atoms with van der Waals surface area (Å²) in [6, 6.07) is 5.07. The Bertz CT molecular complexity index is 359. The summed E-state index contributed by atoms with van der Waals surface area (Å²) in [5.74, 6) is 0.242. The van der Waals surface area contributed by atoms with Gasteiger partial charge in [-0.15, -0.1) is 0 Å². The van der Waals surface area contributed by atoms with Gasteiger partial charge in [0.05, 0.1) is 10.7 Å². The summed E-state index contributed by atoms with van der Waals surface area (Å²) in [6.45, 7) is 4.04. The number of anilines is 1. The largest absolute Gasteiger partial charge is 0.398 e. The first-order valence-electron chi connectivity index (χ1n) is 5.19. The fraction of sp³-hybridized carbons (Fsp3) is 0.417. The molecule has 1 aromatic rings. The topological polar surface area (TPSA) is 43.1 Å². The van der Waals surface area contributed by atoms with E-state index in [2.05, 4.69) is 0 Å². The van der Waals surface area contributed by atoms with Crippen molar-refractivity contribution in [2.45, 2.75) is 26.7 Å². The van der Waals surface area contributed by atoms with Crippen LogP contribution >= 0.6 is 11.6 Å². The molecule has 0 aromatic heterocycles. The van der Waals surface area contributed by atoms with E-state index >= 15 is 0 Å². The Morgan fingerprint density at radius 2 is 2.00 bits per heavy atom. The average molecular weight is 226 g/mol. The van der Waals surface area contributed by atoms with Crippen LogP contribution in [0.3, 0.4) is 0 Å². The van der Waals surface area contributed by atoms with Gasteiger partial charge in [-0.25, -0.2) is 0 Å². The maximum atomic E-state index is 12.0. The van der Waals surface area contributed by atoms with Crippen molar-refractivity contribution in [2.24, 2.45) is 5.92 Å². The van der Waals surface area contributed by atoms with Gasteiger partial charge in [0.1, 0.15) is 0 Å². The van der Waals surface area contributed by atoms with E-state index in [9.17, 15) is 4.79 Å². The molecule has 3 heteroatoms. The number of rotatable bonds is 4. The van der Waals surface area contributed by atoms with Crippen molar-refractivity contribution >= 4 is 23.1 Å². The summed E-state index contributed by atoms with van der Waals surface area (Å²) < 4.78 is 0. The van der Waals surface area contributed by atoms with Crippen molar-refractivity contribution in [1.29, 1.82) is 0 Å². The molecular formula is C12H16ClNO. The van der Waals surface area contributed by atoms with Gasteiger partial charge in [-0.05, 0) is 31.0 Å². The van der Waals surface area contributed by atoms with Crippen LogP contribution in [0.15, 0.2) is 18.2 Å². The van der Waals surface area contributed by atoms with Crippen LogP contribution in [0.1, 0.15) is 37.0 Å². The van der Waals surface area contributed by atoms with Crippen LogP contribution in [0, 0.1) is 5.92 Å². The second kappa shape index (κ2) is 5.17. The molecule has 82 valence electrons. The van der Waals surface area contributed by atoms with Gasteiger partial charge in [0.25, 0.3) is 0 Å². The highest BCUT2D eigenvalue weighted by Gasteiger charge is 2.16. The number of ketones is 1. The van der Waals surface area contributed by atoms with Gasteiger partial charge < -0.3 is 5.73 Å². The van der Waals surface area contributed by atoms with E-state index in [1.807, 2.05) is 13.8 Å². The summed E-state index contributed by atoms with van der Waals surface area (Å²) in [7, 11) is 0. The molecule has 0 saturated carbocycles. The summed E-state index contributed by atoms with van der Waals surface area (Å²) in [5.41, 5.74) is 6.75. The monoisotopic (exact) mass is 225 g/mol. The molecule has 0 amide bonds. The zero-order valence-electron chi connectivity index (χ0n) is 9.09. The summed E-state index contributed by atoms with van der Waals surface area (Å²) >= 11 is 5.87. The highest BCUT2D eigenvalue weighted by Crippen LogP contribution is 2.23. The maximum Gasteiger partial charge on any atom is 0.165 e. The molecular weight excluding hydrogens is 210 g/mol. The van der Waals surface area contributed by atoms with Crippen molar-refractivity contribution in [1.82, 2.24) is 0 Å². The van der Waals surface area contributed by atoms with E-state index in [-0.39, 0.29) is 11.7 Å². The molecule has 2 nitrogen and oxygen atoms in total. The number of halogens is 1. The molecule has 2 N–H and O–H groups in total. The predicted octanol–water partition coefficient (Wildman–Crippen LogP) is 3.54. The van der Waals surface area contributed by atoms with Crippen LogP contribution in [-0.2, 0) is 0 Å². The third-order valence-corrected chi connectivity index (χ3v) is 2.97. The quantitative estimate of drug-likeness (QED) is 0.629. The number of Topliss-reactive ketones (excluding diaryl/α,β-unsaturated/α-hetero) is 1. The summed E-state index contributed by atoms with van der Waals surface area (Å²) in [4.78, 5) is 12.0. The highest BCUT2D eigenvalue weighted by molar-refractivity contribution is 6.33.